The first-order valence-electron chi connectivity index (χ1n) is 5.42. The molecule has 0 spiro atoms. The fourth-order valence-electron chi connectivity index (χ4n) is 2.23. The molecule has 1 saturated carbocycles. The van der Waals surface area contributed by atoms with Crippen molar-refractivity contribution in [2.45, 2.75) is 45.2 Å². The van der Waals surface area contributed by atoms with E-state index >= 15 is 0 Å². The van der Waals surface area contributed by atoms with E-state index in [9.17, 15) is 0 Å². The molecule has 2 unspecified atom stereocenters. The number of aromatic nitrogens is 2. The van der Waals surface area contributed by atoms with Gasteiger partial charge in [-0.05, 0) is 25.7 Å². The summed E-state index contributed by atoms with van der Waals surface area (Å²) >= 11 is 0. The molecule has 1 aliphatic carbocycles. The molecule has 1 aliphatic rings. The van der Waals surface area contributed by atoms with Crippen LogP contribution in [0.25, 0.3) is 0 Å². The molecular weight excluding hydrogens is 174 g/mol. The Morgan fingerprint density at radius 1 is 1.71 bits per heavy atom. The second-order valence-electron chi connectivity index (χ2n) is 4.46. The lowest BCUT2D eigenvalue weighted by Crippen LogP contribution is -2.26. The van der Waals surface area contributed by atoms with Crippen LogP contribution in [0.15, 0.2) is 12.4 Å². The molecule has 0 bridgehead atoms. The zero-order valence-electron chi connectivity index (χ0n) is 9.03. The minimum atomic E-state index is 0.130. The van der Waals surface area contributed by atoms with Gasteiger partial charge in [0.25, 0.3) is 0 Å². The highest BCUT2D eigenvalue weighted by molar-refractivity contribution is 5.07. The lowest BCUT2D eigenvalue weighted by molar-refractivity contribution is 0.485. The number of hydrogen-bond donors (Lipinski definition) is 1. The van der Waals surface area contributed by atoms with E-state index in [0.29, 0.717) is 0 Å². The lowest BCUT2D eigenvalue weighted by Gasteiger charge is -2.12. The Kier molecular flexibility index (Phi) is 2.35. The molecular formula is C11H19N3. The summed E-state index contributed by atoms with van der Waals surface area (Å²) in [5, 5.41) is 0. The summed E-state index contributed by atoms with van der Waals surface area (Å²) < 4.78 is 2.18. The fraction of sp³-hybridized carbons (Fsp3) is 0.727. The summed E-state index contributed by atoms with van der Waals surface area (Å²) in [6, 6.07) is 0. The highest BCUT2D eigenvalue weighted by Crippen LogP contribution is 2.46. The van der Waals surface area contributed by atoms with Crippen LogP contribution in [0.5, 0.6) is 0 Å². The molecule has 0 saturated heterocycles. The summed E-state index contributed by atoms with van der Waals surface area (Å²) in [6.07, 6.45) is 7.39. The molecule has 0 aliphatic heterocycles. The Balaban J connectivity index is 1.87. The van der Waals surface area contributed by atoms with E-state index in [1.54, 1.807) is 0 Å². The number of aryl methyl sites for hydroxylation is 2. The van der Waals surface area contributed by atoms with Crippen LogP contribution in [0.2, 0.25) is 0 Å². The average molecular weight is 193 g/mol. The van der Waals surface area contributed by atoms with Gasteiger partial charge in [0.2, 0.25) is 0 Å². The van der Waals surface area contributed by atoms with Crippen LogP contribution in [-0.2, 0) is 6.54 Å². The van der Waals surface area contributed by atoms with Crippen LogP contribution < -0.4 is 5.73 Å². The summed E-state index contributed by atoms with van der Waals surface area (Å²) in [5.41, 5.74) is 6.36. The van der Waals surface area contributed by atoms with Gasteiger partial charge < -0.3 is 10.3 Å². The van der Waals surface area contributed by atoms with Gasteiger partial charge >= 0.3 is 0 Å². The average Bonchev–Trinajstić information content (AvgIpc) is 2.64. The number of rotatable bonds is 4. The number of nitrogens with zero attached hydrogens (tertiary/aromatic N) is 2. The van der Waals surface area contributed by atoms with Crippen molar-refractivity contribution in [3.63, 3.8) is 0 Å². The van der Waals surface area contributed by atoms with Crippen molar-refractivity contribution in [2.24, 2.45) is 11.7 Å². The van der Waals surface area contributed by atoms with Crippen molar-refractivity contribution in [2.75, 3.05) is 0 Å². The molecule has 0 amide bonds. The summed E-state index contributed by atoms with van der Waals surface area (Å²) in [7, 11) is 0. The maximum absolute atomic E-state index is 6.23. The molecule has 0 aromatic carbocycles. The van der Waals surface area contributed by atoms with E-state index in [1.165, 1.54) is 12.8 Å². The van der Waals surface area contributed by atoms with Gasteiger partial charge in [0.1, 0.15) is 5.82 Å². The van der Waals surface area contributed by atoms with Crippen LogP contribution in [0.4, 0.5) is 0 Å². The molecule has 1 heterocycles. The molecule has 1 aromatic heterocycles. The Hall–Kier alpha value is -0.830. The van der Waals surface area contributed by atoms with Crippen molar-refractivity contribution in [1.82, 2.24) is 9.55 Å². The molecule has 78 valence electrons. The first kappa shape index (κ1) is 9.71. The Labute approximate surface area is 85.3 Å². The van der Waals surface area contributed by atoms with Crippen molar-refractivity contribution < 1.29 is 0 Å². The van der Waals surface area contributed by atoms with Crippen LogP contribution in [0, 0.1) is 12.8 Å². The SMILES string of the molecule is CCC1CC1(N)CCn1ccnc1C. The Morgan fingerprint density at radius 2 is 2.50 bits per heavy atom. The lowest BCUT2D eigenvalue weighted by atomic mass is 10.1. The number of nitrogens with two attached hydrogens (primary N) is 1. The quantitative estimate of drug-likeness (QED) is 0.791. The monoisotopic (exact) mass is 193 g/mol. The molecule has 3 nitrogen and oxygen atoms in total. The maximum Gasteiger partial charge on any atom is 0.105 e. The van der Waals surface area contributed by atoms with E-state index in [-0.39, 0.29) is 5.54 Å². The molecule has 2 N–H and O–H groups in total. The van der Waals surface area contributed by atoms with Gasteiger partial charge in [-0.15, -0.1) is 0 Å². The van der Waals surface area contributed by atoms with Gasteiger partial charge in [-0.25, -0.2) is 4.98 Å². The van der Waals surface area contributed by atoms with Crippen LogP contribution >= 0.6 is 0 Å². The Morgan fingerprint density at radius 3 is 3.00 bits per heavy atom. The van der Waals surface area contributed by atoms with Gasteiger partial charge in [0.15, 0.2) is 0 Å². The summed E-state index contributed by atoms with van der Waals surface area (Å²) in [5.74, 6) is 1.84. The largest absolute Gasteiger partial charge is 0.335 e. The van der Waals surface area contributed by atoms with Crippen molar-refractivity contribution in [3.05, 3.63) is 18.2 Å². The van der Waals surface area contributed by atoms with Gasteiger partial charge in [-0.1, -0.05) is 13.3 Å². The zero-order valence-corrected chi connectivity index (χ0v) is 9.03. The van der Waals surface area contributed by atoms with Crippen molar-refractivity contribution in [3.8, 4) is 0 Å². The highest BCUT2D eigenvalue weighted by atomic mass is 15.1. The molecule has 2 rings (SSSR count). The predicted molar refractivity (Wildman–Crippen MR) is 56.9 cm³/mol. The maximum atomic E-state index is 6.23. The third-order valence-corrected chi connectivity index (χ3v) is 3.51. The van der Waals surface area contributed by atoms with E-state index < -0.39 is 0 Å². The van der Waals surface area contributed by atoms with Crippen molar-refractivity contribution >= 4 is 0 Å². The third kappa shape index (κ3) is 1.69. The number of imidazole rings is 1. The van der Waals surface area contributed by atoms with Crippen molar-refractivity contribution in [1.29, 1.82) is 0 Å². The fourth-order valence-corrected chi connectivity index (χ4v) is 2.23. The topological polar surface area (TPSA) is 43.8 Å². The van der Waals surface area contributed by atoms with E-state index in [0.717, 1.165) is 24.7 Å². The van der Waals surface area contributed by atoms with E-state index in [4.69, 9.17) is 5.73 Å². The highest BCUT2D eigenvalue weighted by Gasteiger charge is 2.48. The molecule has 14 heavy (non-hydrogen) atoms. The van der Waals surface area contributed by atoms with E-state index in [2.05, 4.69) is 16.5 Å². The smallest absolute Gasteiger partial charge is 0.105 e. The minimum Gasteiger partial charge on any atom is -0.335 e. The summed E-state index contributed by atoms with van der Waals surface area (Å²) in [6.45, 7) is 5.27. The van der Waals surface area contributed by atoms with Crippen LogP contribution in [-0.4, -0.2) is 15.1 Å². The minimum absolute atomic E-state index is 0.130. The molecule has 3 heteroatoms. The number of hydrogen-bond acceptors (Lipinski definition) is 2. The molecule has 1 aromatic rings. The van der Waals surface area contributed by atoms with Gasteiger partial charge in [-0.3, -0.25) is 0 Å². The second kappa shape index (κ2) is 3.39. The molecule has 0 radical (unpaired) electrons. The van der Waals surface area contributed by atoms with Gasteiger partial charge in [0, 0.05) is 24.5 Å². The normalized spacial score (nSPS) is 30.6. The Bertz CT molecular complexity index is 318. The second-order valence-corrected chi connectivity index (χ2v) is 4.46. The van der Waals surface area contributed by atoms with Crippen LogP contribution in [0.3, 0.4) is 0 Å². The first-order valence-corrected chi connectivity index (χ1v) is 5.42. The van der Waals surface area contributed by atoms with Crippen LogP contribution in [0.1, 0.15) is 32.0 Å². The predicted octanol–water partition coefficient (Wildman–Crippen LogP) is 1.71. The van der Waals surface area contributed by atoms with Gasteiger partial charge in [0.05, 0.1) is 0 Å². The third-order valence-electron chi connectivity index (χ3n) is 3.51. The van der Waals surface area contributed by atoms with Gasteiger partial charge in [-0.2, -0.15) is 0 Å². The van der Waals surface area contributed by atoms with E-state index in [1.807, 2.05) is 19.3 Å². The summed E-state index contributed by atoms with van der Waals surface area (Å²) in [4.78, 5) is 4.20. The first-order chi connectivity index (χ1) is 6.65. The molecule has 2 atom stereocenters. The zero-order chi connectivity index (χ0) is 10.2. The molecule has 1 fully saturated rings. The standard InChI is InChI=1S/C11H19N3/c1-3-10-8-11(10,12)4-6-14-7-5-13-9(14)2/h5,7,10H,3-4,6,8,12H2,1-2H3.